The molecule has 0 radical (unpaired) electrons. The van der Waals surface area contributed by atoms with Crippen molar-refractivity contribution in [1.29, 1.82) is 0 Å². The zero-order chi connectivity index (χ0) is 23.5. The first-order valence-electron chi connectivity index (χ1n) is 11.0. The number of aliphatic imine (C=N–C) groups is 1. The minimum Gasteiger partial charge on any atom is -0.365 e. The van der Waals surface area contributed by atoms with Gasteiger partial charge in [-0.2, -0.15) is 0 Å². The number of nitrogens with two attached hydrogens (primary N) is 2. The third kappa shape index (κ3) is 5.18. The Labute approximate surface area is 198 Å². The van der Waals surface area contributed by atoms with Crippen molar-refractivity contribution in [3.63, 3.8) is 0 Å². The van der Waals surface area contributed by atoms with E-state index >= 15 is 0 Å². The van der Waals surface area contributed by atoms with Crippen LogP contribution in [0.2, 0.25) is 5.02 Å². The van der Waals surface area contributed by atoms with E-state index in [0.717, 1.165) is 31.6 Å². The zero-order valence-corrected chi connectivity index (χ0v) is 19.4. The Bertz CT molecular complexity index is 1020. The van der Waals surface area contributed by atoms with Gasteiger partial charge < -0.3 is 4.90 Å². The van der Waals surface area contributed by atoms with Gasteiger partial charge in [0.25, 0.3) is 5.91 Å². The van der Waals surface area contributed by atoms with Crippen molar-refractivity contribution in [1.82, 2.24) is 15.0 Å². The van der Waals surface area contributed by atoms with Crippen molar-refractivity contribution in [3.05, 3.63) is 64.4 Å². The lowest BCUT2D eigenvalue weighted by molar-refractivity contribution is 0.0212. The molecule has 4 N–H and O–H groups in total. The molecule has 1 fully saturated rings. The Morgan fingerprint density at radius 2 is 1.91 bits per heavy atom. The number of amides is 1. The number of halogens is 2. The molecule has 2 aliphatic heterocycles. The minimum absolute atomic E-state index is 0.247. The van der Waals surface area contributed by atoms with E-state index in [1.807, 2.05) is 30.0 Å². The Morgan fingerprint density at radius 3 is 2.61 bits per heavy atom. The van der Waals surface area contributed by atoms with Gasteiger partial charge in [0, 0.05) is 38.2 Å². The Morgan fingerprint density at radius 1 is 1.18 bits per heavy atom. The summed E-state index contributed by atoms with van der Waals surface area (Å²) in [5.41, 5.74) is 7.98. The molecule has 2 aromatic rings. The summed E-state index contributed by atoms with van der Waals surface area (Å²) in [6.07, 6.45) is 0.568. The lowest BCUT2D eigenvalue weighted by Crippen LogP contribution is -2.55. The fraction of sp³-hybridized carbons (Fsp3) is 0.391. The predicted molar refractivity (Wildman–Crippen MR) is 128 cm³/mol. The molecule has 2 aliphatic rings. The van der Waals surface area contributed by atoms with Crippen molar-refractivity contribution in [2.24, 2.45) is 16.6 Å². The quantitative estimate of drug-likeness (QED) is 0.626. The molecular weight excluding hydrogens is 445 g/mol. The lowest BCUT2D eigenvalue weighted by Gasteiger charge is -2.36. The van der Waals surface area contributed by atoms with Gasteiger partial charge in [-0.05, 0) is 44.2 Å². The van der Waals surface area contributed by atoms with Crippen LogP contribution in [-0.4, -0.2) is 65.8 Å². The number of piperazine rings is 1. The molecule has 2 heterocycles. The van der Waals surface area contributed by atoms with Crippen molar-refractivity contribution in [2.75, 3.05) is 37.6 Å². The number of benzene rings is 2. The maximum absolute atomic E-state index is 14.2. The van der Waals surface area contributed by atoms with Crippen LogP contribution in [0, 0.1) is 12.7 Å². The van der Waals surface area contributed by atoms with Gasteiger partial charge in [0.2, 0.25) is 0 Å². The second-order valence-electron chi connectivity index (χ2n) is 8.33. The summed E-state index contributed by atoms with van der Waals surface area (Å²) in [6.45, 7) is 5.74. The highest BCUT2D eigenvalue weighted by atomic mass is 35.5. The highest BCUT2D eigenvalue weighted by Crippen LogP contribution is 2.29. The molecule has 0 aliphatic carbocycles. The summed E-state index contributed by atoms with van der Waals surface area (Å²) in [4.78, 5) is 21.8. The molecule has 10 heteroatoms. The summed E-state index contributed by atoms with van der Waals surface area (Å²) in [5.74, 6) is 6.06. The molecule has 0 bridgehead atoms. The van der Waals surface area contributed by atoms with E-state index in [1.54, 1.807) is 18.2 Å². The molecule has 1 saturated heterocycles. The fourth-order valence-corrected chi connectivity index (χ4v) is 4.54. The van der Waals surface area contributed by atoms with Crippen LogP contribution in [0.3, 0.4) is 0 Å². The number of anilines is 1. The molecule has 176 valence electrons. The lowest BCUT2D eigenvalue weighted by atomic mass is 10.1. The van der Waals surface area contributed by atoms with Crippen molar-refractivity contribution < 1.29 is 9.18 Å². The number of hydrogen-bond acceptors (Lipinski definition) is 7. The summed E-state index contributed by atoms with van der Waals surface area (Å²) in [7, 11) is 0. The molecular formula is C23H29ClFN7O. The van der Waals surface area contributed by atoms with Crippen molar-refractivity contribution in [2.45, 2.75) is 26.1 Å². The smallest absolute Gasteiger partial charge is 0.275 e. The third-order valence-corrected chi connectivity index (χ3v) is 6.29. The highest BCUT2D eigenvalue weighted by Gasteiger charge is 2.34. The van der Waals surface area contributed by atoms with Crippen LogP contribution in [-0.2, 0) is 0 Å². The van der Waals surface area contributed by atoms with E-state index in [2.05, 4.69) is 9.89 Å². The third-order valence-electron chi connectivity index (χ3n) is 5.99. The van der Waals surface area contributed by atoms with Gasteiger partial charge in [-0.3, -0.25) is 15.4 Å². The average molecular weight is 474 g/mol. The first-order chi connectivity index (χ1) is 15.8. The van der Waals surface area contributed by atoms with Gasteiger partial charge >= 0.3 is 0 Å². The normalized spacial score (nSPS) is 19.8. The van der Waals surface area contributed by atoms with E-state index in [9.17, 15) is 9.18 Å². The number of hydrogen-bond donors (Lipinski definition) is 2. The second kappa shape index (κ2) is 10.1. The molecule has 1 atom stereocenters. The number of aryl methyl sites for hydroxylation is 1. The van der Waals surface area contributed by atoms with Gasteiger partial charge in [-0.1, -0.05) is 35.4 Å². The molecule has 0 aromatic heterocycles. The zero-order valence-electron chi connectivity index (χ0n) is 18.6. The van der Waals surface area contributed by atoms with Crippen LogP contribution in [0.4, 0.5) is 10.1 Å². The highest BCUT2D eigenvalue weighted by molar-refractivity contribution is 6.33. The predicted octanol–water partition coefficient (Wildman–Crippen LogP) is 2.58. The molecule has 0 spiro atoms. The number of carbonyl (C=O) groups excluding carboxylic acids is 1. The van der Waals surface area contributed by atoms with Gasteiger partial charge in [0.15, 0.2) is 6.29 Å². The number of hydrazine groups is 2. The number of para-hydroxylation sites is 1. The summed E-state index contributed by atoms with van der Waals surface area (Å²) < 4.78 is 14.2. The average Bonchev–Trinajstić information content (AvgIpc) is 3.07. The molecule has 1 amide bonds. The fourth-order valence-electron chi connectivity index (χ4n) is 4.26. The molecule has 1 unspecified atom stereocenters. The van der Waals surface area contributed by atoms with Crippen LogP contribution >= 0.6 is 11.6 Å². The first-order valence-corrected chi connectivity index (χ1v) is 11.4. The van der Waals surface area contributed by atoms with Crippen molar-refractivity contribution >= 4 is 29.0 Å². The summed E-state index contributed by atoms with van der Waals surface area (Å²) >= 11 is 6.21. The van der Waals surface area contributed by atoms with E-state index in [-0.39, 0.29) is 11.7 Å². The number of rotatable bonds is 6. The van der Waals surface area contributed by atoms with Crippen LogP contribution < -0.4 is 16.5 Å². The Kier molecular flexibility index (Phi) is 7.26. The minimum atomic E-state index is -0.789. The van der Waals surface area contributed by atoms with Crippen LogP contribution in [0.25, 0.3) is 0 Å². The Hall–Kier alpha value is -2.56. The van der Waals surface area contributed by atoms with Gasteiger partial charge in [-0.25, -0.2) is 20.2 Å². The molecule has 2 aromatic carbocycles. The molecule has 0 saturated carbocycles. The topological polar surface area (TPSA) is 94.4 Å². The van der Waals surface area contributed by atoms with Gasteiger partial charge in [0.1, 0.15) is 11.7 Å². The number of nitrogens with zero attached hydrogens (tertiary/aromatic N) is 5. The molecule has 4 rings (SSSR count). The maximum Gasteiger partial charge on any atom is 0.275 e. The maximum atomic E-state index is 14.2. The van der Waals surface area contributed by atoms with E-state index in [1.165, 1.54) is 16.2 Å². The molecule has 33 heavy (non-hydrogen) atoms. The monoisotopic (exact) mass is 473 g/mol. The number of amidine groups is 1. The summed E-state index contributed by atoms with van der Waals surface area (Å²) in [5, 5.41) is 2.98. The largest absolute Gasteiger partial charge is 0.365 e. The van der Waals surface area contributed by atoms with Crippen molar-refractivity contribution in [3.8, 4) is 0 Å². The standard InChI is InChI=1S/C23H29ClFN7O/c1-16-5-2-6-17(15-16)22(33)31-20(28-23(26)32(31)27)9-4-10-29-11-13-30(14-12-29)21-18(24)7-3-8-19(21)25/h2-3,5-8,15,23H,4,9-14,26-27H2,1H3. The van der Waals surface area contributed by atoms with Crippen LogP contribution in [0.5, 0.6) is 0 Å². The molecule has 8 nitrogen and oxygen atoms in total. The van der Waals surface area contributed by atoms with Gasteiger partial charge in [-0.15, -0.1) is 5.12 Å². The van der Waals surface area contributed by atoms with E-state index in [0.29, 0.717) is 41.6 Å². The summed E-state index contributed by atoms with van der Waals surface area (Å²) in [6, 6.07) is 12.1. The van der Waals surface area contributed by atoms with Crippen LogP contribution in [0.1, 0.15) is 28.8 Å². The first kappa shape index (κ1) is 23.6. The van der Waals surface area contributed by atoms with E-state index in [4.69, 9.17) is 23.2 Å². The van der Waals surface area contributed by atoms with E-state index < -0.39 is 6.29 Å². The second-order valence-corrected chi connectivity index (χ2v) is 8.74. The van der Waals surface area contributed by atoms with Gasteiger partial charge in [0.05, 0.1) is 10.7 Å². The number of carbonyl (C=O) groups is 1. The van der Waals surface area contributed by atoms with Crippen LogP contribution in [0.15, 0.2) is 47.5 Å². The Balaban J connectivity index is 1.31. The SMILES string of the molecule is Cc1cccc(C(=O)N2C(CCCN3CCN(c4c(F)cccc4Cl)CC3)=NC(N)N2N)c1.